The number of nitrogens with zero attached hydrogens (tertiary/aromatic N) is 6. The van der Waals surface area contributed by atoms with E-state index in [0.29, 0.717) is 61.5 Å². The van der Waals surface area contributed by atoms with Crippen LogP contribution in [-0.4, -0.2) is 91.1 Å². The summed E-state index contributed by atoms with van der Waals surface area (Å²) in [5.41, 5.74) is 5.77. The molecule has 2 aliphatic carbocycles. The number of aliphatic hydroxyl groups excluding tert-OH is 1. The van der Waals surface area contributed by atoms with Crippen LogP contribution in [0.4, 0.5) is 5.69 Å². The molecule has 0 radical (unpaired) electrons. The van der Waals surface area contributed by atoms with Crippen LogP contribution >= 0.6 is 0 Å². The average molecular weight is 725 g/mol. The van der Waals surface area contributed by atoms with E-state index in [2.05, 4.69) is 55.5 Å². The molecule has 3 aromatic rings. The molecule has 4 heterocycles. The van der Waals surface area contributed by atoms with Gasteiger partial charge in [0.1, 0.15) is 24.7 Å². The Kier molecular flexibility index (Phi) is 11.1. The first-order chi connectivity index (χ1) is 23.7. The summed E-state index contributed by atoms with van der Waals surface area (Å²) in [6.45, 7) is 22.2. The number of imidazole rings is 1. The molecule has 3 atom stereocenters. The normalized spacial score (nSPS) is 21.7. The van der Waals surface area contributed by atoms with Crippen molar-refractivity contribution in [3.8, 4) is 11.5 Å². The Morgan fingerprint density at radius 2 is 1.78 bits per heavy atom. The number of fused-ring (bicyclic) bond motifs is 3. The van der Waals surface area contributed by atoms with E-state index < -0.39 is 16.1 Å². The van der Waals surface area contributed by atoms with Gasteiger partial charge in [-0.2, -0.15) is 5.10 Å². The van der Waals surface area contributed by atoms with Gasteiger partial charge in [-0.1, -0.05) is 53.1 Å². The molecule has 276 valence electrons. The lowest BCUT2D eigenvalue weighted by Crippen LogP contribution is -2.41. The molecule has 6 rings (SSSR count). The van der Waals surface area contributed by atoms with Crippen LogP contribution in [0, 0.1) is 23.2 Å². The average Bonchev–Trinajstić information content (AvgIpc) is 3.43. The summed E-state index contributed by atoms with van der Waals surface area (Å²) in [7, 11) is -2.50. The Morgan fingerprint density at radius 3 is 2.44 bits per heavy atom. The molecular formula is C37H60N6O5Si2. The van der Waals surface area contributed by atoms with Crippen LogP contribution in [0.15, 0.2) is 12.3 Å². The number of anilines is 1. The van der Waals surface area contributed by atoms with Gasteiger partial charge in [0.15, 0.2) is 11.5 Å². The summed E-state index contributed by atoms with van der Waals surface area (Å²) >= 11 is 0. The molecule has 1 aliphatic heterocycles. The van der Waals surface area contributed by atoms with Gasteiger partial charge in [-0.05, 0) is 67.5 Å². The van der Waals surface area contributed by atoms with Crippen LogP contribution < -0.4 is 4.90 Å². The Labute approximate surface area is 300 Å². The summed E-state index contributed by atoms with van der Waals surface area (Å²) < 4.78 is 22.3. The lowest BCUT2D eigenvalue weighted by atomic mass is 9.86. The maximum absolute atomic E-state index is 13.9. The molecule has 3 aromatic heterocycles. The van der Waals surface area contributed by atoms with Crippen molar-refractivity contribution in [1.29, 1.82) is 0 Å². The van der Waals surface area contributed by atoms with Crippen molar-refractivity contribution in [1.82, 2.24) is 24.3 Å². The Balaban J connectivity index is 1.36. The molecule has 0 aromatic carbocycles. The van der Waals surface area contributed by atoms with Crippen molar-refractivity contribution in [2.45, 2.75) is 111 Å². The first-order valence-corrected chi connectivity index (χ1v) is 26.2. The number of ether oxygens (including phenoxy) is 3. The molecule has 13 heteroatoms. The number of hydrogen-bond donors (Lipinski definition) is 1. The molecule has 1 N–H and O–H groups in total. The van der Waals surface area contributed by atoms with Crippen molar-refractivity contribution >= 4 is 38.9 Å². The molecule has 0 unspecified atom stereocenters. The summed E-state index contributed by atoms with van der Waals surface area (Å²) in [6, 6.07) is 4.12. The fourth-order valence-corrected chi connectivity index (χ4v) is 9.06. The third kappa shape index (κ3) is 8.44. The number of carbonyl (C=O) groups excluding carboxylic acids is 1. The molecule has 1 saturated carbocycles. The molecule has 11 nitrogen and oxygen atoms in total. The minimum atomic E-state index is -1.28. The second-order valence-electron chi connectivity index (χ2n) is 17.8. The number of aliphatic hydroxyl groups is 1. The van der Waals surface area contributed by atoms with Gasteiger partial charge in [0, 0.05) is 66.3 Å². The van der Waals surface area contributed by atoms with Gasteiger partial charge in [0.25, 0.3) is 0 Å². The predicted octanol–water partition coefficient (Wildman–Crippen LogP) is 6.43. The van der Waals surface area contributed by atoms with Gasteiger partial charge in [0.2, 0.25) is 5.91 Å². The summed E-state index contributed by atoms with van der Waals surface area (Å²) in [4.78, 5) is 25.7. The van der Waals surface area contributed by atoms with Crippen molar-refractivity contribution in [2.24, 2.45) is 23.2 Å². The topological polar surface area (TPSA) is 117 Å². The van der Waals surface area contributed by atoms with Crippen molar-refractivity contribution < 1.29 is 24.1 Å². The number of carbonyl (C=O) groups is 1. The summed E-state index contributed by atoms with van der Waals surface area (Å²) in [6.07, 6.45) is 6.69. The third-order valence-corrected chi connectivity index (χ3v) is 14.6. The molecule has 1 saturated heterocycles. The number of hydrogen-bond acceptors (Lipinski definition) is 8. The number of pyridine rings is 1. The highest BCUT2D eigenvalue weighted by Gasteiger charge is 2.54. The lowest BCUT2D eigenvalue weighted by Gasteiger charge is -2.31. The third-order valence-electron chi connectivity index (χ3n) is 11.2. The molecule has 50 heavy (non-hydrogen) atoms. The maximum atomic E-state index is 13.9. The minimum absolute atomic E-state index is 0.00383. The molecule has 2 fully saturated rings. The van der Waals surface area contributed by atoms with Crippen LogP contribution in [0.25, 0.3) is 22.7 Å². The van der Waals surface area contributed by atoms with E-state index >= 15 is 0 Å². The Bertz CT molecular complexity index is 1660. The molecule has 0 spiro atoms. The number of amides is 1. The Hall–Kier alpha value is -2.43. The fraction of sp³-hybridized carbons (Fsp3) is 0.730. The minimum Gasteiger partial charge on any atom is -0.395 e. The monoisotopic (exact) mass is 724 g/mol. The zero-order valence-electron chi connectivity index (χ0n) is 31.8. The van der Waals surface area contributed by atoms with E-state index in [1.54, 1.807) is 11.1 Å². The van der Waals surface area contributed by atoms with Crippen molar-refractivity contribution in [3.05, 3.63) is 23.5 Å². The SMILES string of the molecule is C[C@@H](C(=O)N(CCO)c1cnc2c(c1)nc(-c1nn(COCC[Si](C)(C)C)c3c1C[C@@H]1C[C@]1(C)C3)n2COCC[Si](C)(C)C)C1CCOCC1. The van der Waals surface area contributed by atoms with Gasteiger partial charge >= 0.3 is 0 Å². The molecule has 1 amide bonds. The lowest BCUT2D eigenvalue weighted by molar-refractivity contribution is -0.124. The Morgan fingerprint density at radius 1 is 1.10 bits per heavy atom. The van der Waals surface area contributed by atoms with E-state index in [-0.39, 0.29) is 30.9 Å². The van der Waals surface area contributed by atoms with E-state index in [1.807, 2.05) is 13.0 Å². The zero-order chi connectivity index (χ0) is 35.8. The number of aromatic nitrogens is 5. The number of rotatable bonds is 16. The molecular weight excluding hydrogens is 665 g/mol. The summed E-state index contributed by atoms with van der Waals surface area (Å²) in [5, 5.41) is 15.2. The van der Waals surface area contributed by atoms with E-state index in [4.69, 9.17) is 29.3 Å². The van der Waals surface area contributed by atoms with Crippen molar-refractivity contribution in [3.63, 3.8) is 0 Å². The van der Waals surface area contributed by atoms with Gasteiger partial charge in [-0.15, -0.1) is 0 Å². The van der Waals surface area contributed by atoms with Crippen LogP contribution in [0.3, 0.4) is 0 Å². The maximum Gasteiger partial charge on any atom is 0.230 e. The fourth-order valence-electron chi connectivity index (χ4n) is 7.55. The first-order valence-electron chi connectivity index (χ1n) is 18.8. The van der Waals surface area contributed by atoms with Crippen LogP contribution in [0.2, 0.25) is 51.4 Å². The van der Waals surface area contributed by atoms with Gasteiger partial charge in [-0.25, -0.2) is 14.6 Å². The molecule has 0 bridgehead atoms. The van der Waals surface area contributed by atoms with Gasteiger partial charge < -0.3 is 24.2 Å². The van der Waals surface area contributed by atoms with Crippen LogP contribution in [-0.2, 0) is 45.3 Å². The van der Waals surface area contributed by atoms with Crippen LogP contribution in [0.1, 0.15) is 44.4 Å². The van der Waals surface area contributed by atoms with Gasteiger partial charge in [0.05, 0.1) is 18.5 Å². The van der Waals surface area contributed by atoms with E-state index in [0.717, 1.165) is 55.9 Å². The smallest absolute Gasteiger partial charge is 0.230 e. The second kappa shape index (κ2) is 14.9. The largest absolute Gasteiger partial charge is 0.395 e. The highest BCUT2D eigenvalue weighted by molar-refractivity contribution is 6.76. The van der Waals surface area contributed by atoms with E-state index in [9.17, 15) is 9.90 Å². The predicted molar refractivity (Wildman–Crippen MR) is 203 cm³/mol. The summed E-state index contributed by atoms with van der Waals surface area (Å²) in [5.74, 6) is 1.46. The highest BCUT2D eigenvalue weighted by atomic mass is 28.3. The van der Waals surface area contributed by atoms with E-state index in [1.165, 1.54) is 17.7 Å². The first kappa shape index (κ1) is 37.3. The zero-order valence-corrected chi connectivity index (χ0v) is 33.8. The van der Waals surface area contributed by atoms with Crippen LogP contribution in [0.5, 0.6) is 0 Å². The standard InChI is InChI=1S/C37H60N6O5Si2/c1-26(27-9-13-46-14-10-27)36(45)41(11-12-44)29-20-31-34(38-23-29)42(24-47-15-17-49(3,4)5)35(39-31)33-30-19-28-21-37(28,2)22-32(30)43(40-33)25-48-16-18-50(6,7)8/h20,23,26-28,44H,9-19,21-22,24-25H2,1-8H3/t26-,28-,37-/m1/s1. The quantitative estimate of drug-likeness (QED) is 0.133. The van der Waals surface area contributed by atoms with Gasteiger partial charge in [-0.3, -0.25) is 9.36 Å². The highest BCUT2D eigenvalue weighted by Crippen LogP contribution is 2.60. The second-order valence-corrected chi connectivity index (χ2v) is 29.0. The molecule has 3 aliphatic rings. The van der Waals surface area contributed by atoms with Crippen molar-refractivity contribution in [2.75, 3.05) is 44.5 Å².